The van der Waals surface area contributed by atoms with Crippen molar-refractivity contribution in [1.82, 2.24) is 20.4 Å². The number of rotatable bonds is 5. The van der Waals surface area contributed by atoms with Crippen LogP contribution in [0.1, 0.15) is 24.8 Å². The van der Waals surface area contributed by atoms with E-state index >= 15 is 0 Å². The van der Waals surface area contributed by atoms with Crippen molar-refractivity contribution >= 4 is 18.3 Å². The average molecular weight is 397 g/mol. The van der Waals surface area contributed by atoms with Crippen LogP contribution in [0.5, 0.6) is 0 Å². The normalized spacial score (nSPS) is 16.2. The lowest BCUT2D eigenvalue weighted by Gasteiger charge is -2.22. The van der Waals surface area contributed by atoms with Gasteiger partial charge in [-0.05, 0) is 31.5 Å². The lowest BCUT2D eigenvalue weighted by atomic mass is 10.0. The van der Waals surface area contributed by atoms with Gasteiger partial charge in [-0.25, -0.2) is 4.68 Å². The number of hydrogen-bond acceptors (Lipinski definition) is 3. The Morgan fingerprint density at radius 3 is 2.46 bits per heavy atom. The van der Waals surface area contributed by atoms with Crippen LogP contribution in [0.4, 0.5) is 0 Å². The fourth-order valence-electron chi connectivity index (χ4n) is 3.47. The van der Waals surface area contributed by atoms with E-state index in [0.717, 1.165) is 48.3 Å². The number of aromatic nitrogens is 2. The second-order valence-corrected chi connectivity index (χ2v) is 6.87. The molecule has 0 saturated carbocycles. The van der Waals surface area contributed by atoms with Gasteiger partial charge < -0.3 is 10.6 Å². The predicted octanol–water partition coefficient (Wildman–Crippen LogP) is 3.72. The summed E-state index contributed by atoms with van der Waals surface area (Å²) >= 11 is 0. The zero-order chi connectivity index (χ0) is 18.5. The molecule has 4 rings (SSSR count). The van der Waals surface area contributed by atoms with Gasteiger partial charge in [0.2, 0.25) is 5.91 Å². The third-order valence-corrected chi connectivity index (χ3v) is 4.94. The molecule has 0 spiro atoms. The second kappa shape index (κ2) is 9.53. The maximum atomic E-state index is 12.5. The molecule has 6 heteroatoms. The standard InChI is InChI=1S/C22H24N4O.ClH/c27-22(20-13-7-8-14-23-20)24-15-18-16-26(19-11-5-2-6-12-19)25-21(18)17-9-3-1-4-10-17;/h1-6,9-12,16,20,23H,7-8,13-15H2,(H,24,27);1H. The van der Waals surface area contributed by atoms with Crippen molar-refractivity contribution in [1.29, 1.82) is 0 Å². The topological polar surface area (TPSA) is 59.0 Å². The maximum Gasteiger partial charge on any atom is 0.237 e. The van der Waals surface area contributed by atoms with Gasteiger partial charge in [-0.15, -0.1) is 12.4 Å². The number of nitrogens with one attached hydrogen (secondary N) is 2. The van der Waals surface area contributed by atoms with Gasteiger partial charge in [-0.1, -0.05) is 55.0 Å². The zero-order valence-electron chi connectivity index (χ0n) is 15.7. The average Bonchev–Trinajstić information content (AvgIpc) is 3.18. The van der Waals surface area contributed by atoms with Crippen LogP contribution < -0.4 is 10.6 Å². The minimum atomic E-state index is -0.0805. The van der Waals surface area contributed by atoms with Crippen LogP contribution in [-0.4, -0.2) is 28.3 Å². The summed E-state index contributed by atoms with van der Waals surface area (Å²) in [6.07, 6.45) is 5.16. The molecule has 0 aliphatic carbocycles. The smallest absolute Gasteiger partial charge is 0.237 e. The number of benzene rings is 2. The second-order valence-electron chi connectivity index (χ2n) is 6.87. The molecule has 1 aliphatic rings. The van der Waals surface area contributed by atoms with Crippen molar-refractivity contribution in [2.24, 2.45) is 0 Å². The molecule has 1 saturated heterocycles. The molecule has 3 aromatic rings. The van der Waals surface area contributed by atoms with Gasteiger partial charge in [0.1, 0.15) is 0 Å². The minimum Gasteiger partial charge on any atom is -0.351 e. The molecule has 0 radical (unpaired) electrons. The molecule has 5 nitrogen and oxygen atoms in total. The molecule has 1 atom stereocenters. The van der Waals surface area contributed by atoms with Crippen molar-refractivity contribution in [3.8, 4) is 16.9 Å². The van der Waals surface area contributed by atoms with Gasteiger partial charge in [0, 0.05) is 23.9 Å². The highest BCUT2D eigenvalue weighted by atomic mass is 35.5. The van der Waals surface area contributed by atoms with E-state index in [-0.39, 0.29) is 24.4 Å². The highest BCUT2D eigenvalue weighted by molar-refractivity contribution is 5.85. The first-order valence-electron chi connectivity index (χ1n) is 9.52. The maximum absolute atomic E-state index is 12.5. The summed E-state index contributed by atoms with van der Waals surface area (Å²) < 4.78 is 1.88. The molecule has 1 aliphatic heterocycles. The summed E-state index contributed by atoms with van der Waals surface area (Å²) in [6, 6.07) is 20.0. The number of piperidine rings is 1. The van der Waals surface area contributed by atoms with Crippen molar-refractivity contribution in [3.63, 3.8) is 0 Å². The van der Waals surface area contributed by atoms with Crippen LogP contribution in [-0.2, 0) is 11.3 Å². The van der Waals surface area contributed by atoms with Crippen LogP contribution in [0.15, 0.2) is 66.9 Å². The third-order valence-electron chi connectivity index (χ3n) is 4.94. The summed E-state index contributed by atoms with van der Waals surface area (Å²) in [5.74, 6) is 0.0705. The first kappa shape index (κ1) is 20.1. The van der Waals surface area contributed by atoms with E-state index in [2.05, 4.69) is 10.6 Å². The van der Waals surface area contributed by atoms with Crippen molar-refractivity contribution in [2.75, 3.05) is 6.54 Å². The molecule has 2 heterocycles. The molecule has 1 aromatic heterocycles. The van der Waals surface area contributed by atoms with Gasteiger partial charge in [-0.2, -0.15) is 5.10 Å². The monoisotopic (exact) mass is 396 g/mol. The van der Waals surface area contributed by atoms with Crippen LogP contribution in [0, 0.1) is 0 Å². The van der Waals surface area contributed by atoms with Crippen LogP contribution in [0.3, 0.4) is 0 Å². The Balaban J connectivity index is 0.00000225. The highest BCUT2D eigenvalue weighted by Gasteiger charge is 2.21. The van der Waals surface area contributed by atoms with Crippen LogP contribution in [0.2, 0.25) is 0 Å². The predicted molar refractivity (Wildman–Crippen MR) is 114 cm³/mol. The lowest BCUT2D eigenvalue weighted by Crippen LogP contribution is -2.46. The van der Waals surface area contributed by atoms with Gasteiger partial charge in [0.25, 0.3) is 0 Å². The molecule has 2 aromatic carbocycles. The number of carbonyl (C=O) groups is 1. The molecule has 146 valence electrons. The Morgan fingerprint density at radius 2 is 1.79 bits per heavy atom. The number of amides is 1. The van der Waals surface area contributed by atoms with E-state index in [1.165, 1.54) is 0 Å². The Hall–Kier alpha value is -2.63. The first-order chi connectivity index (χ1) is 13.3. The Bertz CT molecular complexity index is 889. The molecule has 1 amide bonds. The summed E-state index contributed by atoms with van der Waals surface area (Å²) in [5, 5.41) is 11.2. The van der Waals surface area contributed by atoms with E-state index in [4.69, 9.17) is 5.10 Å². The van der Waals surface area contributed by atoms with Crippen molar-refractivity contribution < 1.29 is 4.79 Å². The Morgan fingerprint density at radius 1 is 1.07 bits per heavy atom. The number of para-hydroxylation sites is 1. The Kier molecular flexibility index (Phi) is 6.85. The fourth-order valence-corrected chi connectivity index (χ4v) is 3.47. The minimum absolute atomic E-state index is 0. The van der Waals surface area contributed by atoms with Crippen molar-refractivity contribution in [2.45, 2.75) is 31.8 Å². The number of nitrogens with zero attached hydrogens (tertiary/aromatic N) is 2. The number of hydrogen-bond donors (Lipinski definition) is 2. The fraction of sp³-hybridized carbons (Fsp3) is 0.273. The molecule has 2 N–H and O–H groups in total. The quantitative estimate of drug-likeness (QED) is 0.691. The molecule has 1 fully saturated rings. The molecule has 28 heavy (non-hydrogen) atoms. The van der Waals surface area contributed by atoms with Crippen LogP contribution in [0.25, 0.3) is 16.9 Å². The summed E-state index contributed by atoms with van der Waals surface area (Å²) in [5.41, 5.74) is 3.96. The van der Waals surface area contributed by atoms with E-state index in [0.29, 0.717) is 6.54 Å². The van der Waals surface area contributed by atoms with E-state index in [9.17, 15) is 4.79 Å². The first-order valence-corrected chi connectivity index (χ1v) is 9.52. The van der Waals surface area contributed by atoms with Gasteiger partial charge in [0.05, 0.1) is 17.4 Å². The van der Waals surface area contributed by atoms with E-state index < -0.39 is 0 Å². The summed E-state index contributed by atoms with van der Waals surface area (Å²) in [7, 11) is 0. The molecular formula is C22H25ClN4O. The summed E-state index contributed by atoms with van der Waals surface area (Å²) in [6.45, 7) is 1.38. The van der Waals surface area contributed by atoms with E-state index in [1.807, 2.05) is 71.5 Å². The highest BCUT2D eigenvalue weighted by Crippen LogP contribution is 2.23. The SMILES string of the molecule is Cl.O=C(NCc1cn(-c2ccccc2)nc1-c1ccccc1)C1CCCCN1. The van der Waals surface area contributed by atoms with Gasteiger partial charge >= 0.3 is 0 Å². The van der Waals surface area contributed by atoms with Gasteiger partial charge in [-0.3, -0.25) is 4.79 Å². The van der Waals surface area contributed by atoms with Crippen LogP contribution >= 0.6 is 12.4 Å². The third kappa shape index (κ3) is 4.61. The van der Waals surface area contributed by atoms with Crippen molar-refractivity contribution in [3.05, 3.63) is 72.4 Å². The zero-order valence-corrected chi connectivity index (χ0v) is 16.5. The molecule has 0 bridgehead atoms. The number of carbonyl (C=O) groups excluding carboxylic acids is 1. The van der Waals surface area contributed by atoms with E-state index in [1.54, 1.807) is 0 Å². The molecule has 1 unspecified atom stereocenters. The number of halogens is 1. The lowest BCUT2D eigenvalue weighted by molar-refractivity contribution is -0.123. The summed E-state index contributed by atoms with van der Waals surface area (Å²) in [4.78, 5) is 12.5. The molecular weight excluding hydrogens is 372 g/mol. The largest absolute Gasteiger partial charge is 0.351 e. The Labute approximate surface area is 171 Å². The van der Waals surface area contributed by atoms with Gasteiger partial charge in [0.15, 0.2) is 0 Å².